The van der Waals surface area contributed by atoms with E-state index in [1.165, 1.54) is 6.42 Å². The highest BCUT2D eigenvalue weighted by Crippen LogP contribution is 2.74. The second-order valence-electron chi connectivity index (χ2n) is 11.6. The maximum atomic E-state index is 13.6. The Morgan fingerprint density at radius 2 is 1.81 bits per heavy atom. The van der Waals surface area contributed by atoms with Crippen molar-refractivity contribution in [3.63, 3.8) is 0 Å². The van der Waals surface area contributed by atoms with Gasteiger partial charge in [0.25, 0.3) is 0 Å². The molecular weight excluding hydrogens is 324 g/mol. The molecule has 4 unspecified atom stereocenters. The Bertz CT molecular complexity index is 643. The number of carbonyl (C=O) groups is 1. The summed E-state index contributed by atoms with van der Waals surface area (Å²) in [7, 11) is 0. The molecule has 0 aromatic carbocycles. The van der Waals surface area contributed by atoms with Crippen LogP contribution in [0.3, 0.4) is 0 Å². The summed E-state index contributed by atoms with van der Waals surface area (Å²) in [5.74, 6) is 0.979. The lowest BCUT2D eigenvalue weighted by Crippen LogP contribution is -2.60. The number of aliphatic hydroxyl groups is 1. The first-order valence-electron chi connectivity index (χ1n) is 10.5. The maximum absolute atomic E-state index is 13.6. The minimum absolute atomic E-state index is 0.0363. The molecule has 0 saturated heterocycles. The molecule has 0 radical (unpaired) electrons. The van der Waals surface area contributed by atoms with E-state index in [0.29, 0.717) is 18.3 Å². The van der Waals surface area contributed by atoms with Crippen LogP contribution in [0.5, 0.6) is 0 Å². The molecule has 5 fully saturated rings. The Hall–Kier alpha value is -0.830. The van der Waals surface area contributed by atoms with E-state index in [1.54, 1.807) is 0 Å². The summed E-state index contributed by atoms with van der Waals surface area (Å²) in [5.41, 5.74) is -0.651. The lowest BCUT2D eigenvalue weighted by atomic mass is 9.52. The van der Waals surface area contributed by atoms with Crippen LogP contribution in [0.2, 0.25) is 0 Å². The van der Waals surface area contributed by atoms with Crippen LogP contribution in [0.4, 0.5) is 0 Å². The second kappa shape index (κ2) is 5.16. The molecule has 5 aliphatic rings. The molecule has 0 aromatic heterocycles. The van der Waals surface area contributed by atoms with Gasteiger partial charge in [0.15, 0.2) is 0 Å². The van der Waals surface area contributed by atoms with Gasteiger partial charge in [-0.25, -0.2) is 0 Å². The molecule has 3 heteroatoms. The van der Waals surface area contributed by atoms with Crippen LogP contribution < -0.4 is 0 Å². The van der Waals surface area contributed by atoms with Crippen molar-refractivity contribution >= 4 is 5.97 Å². The fourth-order valence-corrected chi connectivity index (χ4v) is 7.31. The minimum Gasteiger partial charge on any atom is -0.458 e. The highest BCUT2D eigenvalue weighted by atomic mass is 16.6. The van der Waals surface area contributed by atoms with Gasteiger partial charge in [-0.15, -0.1) is 0 Å². The van der Waals surface area contributed by atoms with Crippen molar-refractivity contribution in [2.75, 3.05) is 0 Å². The first-order chi connectivity index (χ1) is 11.9. The second-order valence-corrected chi connectivity index (χ2v) is 11.6. The van der Waals surface area contributed by atoms with E-state index < -0.39 is 16.6 Å². The van der Waals surface area contributed by atoms with Gasteiger partial charge in [-0.05, 0) is 62.2 Å². The third kappa shape index (κ3) is 2.45. The molecule has 0 amide bonds. The molecular formula is C23H36O3. The monoisotopic (exact) mass is 360 g/mol. The third-order valence-electron chi connectivity index (χ3n) is 8.20. The van der Waals surface area contributed by atoms with Crippen molar-refractivity contribution in [2.24, 2.45) is 28.1 Å². The van der Waals surface area contributed by atoms with Gasteiger partial charge in [-0.2, -0.15) is 0 Å². The highest BCUT2D eigenvalue weighted by molar-refractivity contribution is 5.89. The first-order valence-corrected chi connectivity index (χ1v) is 10.5. The van der Waals surface area contributed by atoms with E-state index in [-0.39, 0.29) is 16.8 Å². The van der Waals surface area contributed by atoms with Crippen molar-refractivity contribution in [1.29, 1.82) is 0 Å². The largest absolute Gasteiger partial charge is 0.458 e. The fourth-order valence-electron chi connectivity index (χ4n) is 7.31. The van der Waals surface area contributed by atoms with Gasteiger partial charge in [0.05, 0.1) is 11.0 Å². The van der Waals surface area contributed by atoms with Crippen LogP contribution >= 0.6 is 0 Å². The predicted octanol–water partition coefficient (Wildman–Crippen LogP) is 5.02. The summed E-state index contributed by atoms with van der Waals surface area (Å²) in [6.45, 7) is 15.2. The number of ether oxygens (including phenoxy) is 1. The Balaban J connectivity index is 1.62. The Morgan fingerprint density at radius 3 is 2.23 bits per heavy atom. The van der Waals surface area contributed by atoms with E-state index in [4.69, 9.17) is 4.74 Å². The minimum atomic E-state index is -0.601. The van der Waals surface area contributed by atoms with Gasteiger partial charge in [-0.3, -0.25) is 4.79 Å². The fraction of sp³-hybridized carbons (Fsp3) is 0.870. The number of carbonyl (C=O) groups excluding carboxylic acids is 1. The normalized spacial score (nSPS) is 49.4. The molecule has 5 saturated carbocycles. The average molecular weight is 361 g/mol. The summed E-state index contributed by atoms with van der Waals surface area (Å²) in [5, 5.41) is 11.0. The Labute approximate surface area is 158 Å². The van der Waals surface area contributed by atoms with Crippen LogP contribution in [-0.2, 0) is 9.53 Å². The van der Waals surface area contributed by atoms with Gasteiger partial charge >= 0.3 is 5.97 Å². The molecule has 146 valence electrons. The average Bonchev–Trinajstić information content (AvgIpc) is 2.91. The number of hydrogen-bond donors (Lipinski definition) is 1. The summed E-state index contributed by atoms with van der Waals surface area (Å²) in [4.78, 5) is 13.6. The summed E-state index contributed by atoms with van der Waals surface area (Å²) < 4.78 is 6.40. The smallest absolute Gasteiger partial charge is 0.317 e. The molecule has 0 aliphatic heterocycles. The molecule has 5 rings (SSSR count). The van der Waals surface area contributed by atoms with Gasteiger partial charge in [0.1, 0.15) is 5.60 Å². The molecule has 0 heterocycles. The third-order valence-corrected chi connectivity index (χ3v) is 8.20. The summed E-state index contributed by atoms with van der Waals surface area (Å²) in [6, 6.07) is 0. The lowest BCUT2D eigenvalue weighted by molar-refractivity contribution is -0.224. The van der Waals surface area contributed by atoms with E-state index in [2.05, 4.69) is 41.2 Å². The zero-order chi connectivity index (χ0) is 19.2. The zero-order valence-corrected chi connectivity index (χ0v) is 17.3. The van der Waals surface area contributed by atoms with Gasteiger partial charge in [0, 0.05) is 11.8 Å². The molecule has 4 atom stereocenters. The molecule has 1 N–H and O–H groups in total. The standard InChI is InChI=1S/C23H36O3/c1-7-20(6)15(2)23(20,13-19(3,4)5)18(24)26-22-11-16-8-17(12-22)10-21(25,9-16)14-22/h16-17,25H,2,7-14H2,1,3-6H3. The Morgan fingerprint density at radius 1 is 1.23 bits per heavy atom. The van der Waals surface area contributed by atoms with Crippen molar-refractivity contribution in [1.82, 2.24) is 0 Å². The van der Waals surface area contributed by atoms with Crippen molar-refractivity contribution in [2.45, 2.75) is 97.2 Å². The topological polar surface area (TPSA) is 46.5 Å². The molecule has 3 nitrogen and oxygen atoms in total. The van der Waals surface area contributed by atoms with Crippen molar-refractivity contribution in [3.8, 4) is 0 Å². The molecule has 0 spiro atoms. The zero-order valence-electron chi connectivity index (χ0n) is 17.3. The summed E-state index contributed by atoms with van der Waals surface area (Å²) in [6.07, 6.45) is 7.23. The van der Waals surface area contributed by atoms with E-state index in [1.807, 2.05) is 0 Å². The van der Waals surface area contributed by atoms with Gasteiger partial charge < -0.3 is 9.84 Å². The number of hydrogen-bond acceptors (Lipinski definition) is 3. The van der Waals surface area contributed by atoms with Crippen LogP contribution in [0.1, 0.15) is 86.0 Å². The van der Waals surface area contributed by atoms with Crippen molar-refractivity contribution in [3.05, 3.63) is 12.2 Å². The van der Waals surface area contributed by atoms with E-state index in [0.717, 1.165) is 44.1 Å². The SMILES string of the molecule is C=C1C(C)(CC)C1(CC(C)(C)C)C(=O)OC12CC3CC(CC(O)(C3)C1)C2. The lowest BCUT2D eigenvalue weighted by Gasteiger charge is -2.59. The maximum Gasteiger partial charge on any atom is 0.317 e. The van der Waals surface area contributed by atoms with Crippen LogP contribution in [0.15, 0.2) is 12.2 Å². The van der Waals surface area contributed by atoms with Crippen LogP contribution in [0, 0.1) is 28.1 Å². The molecule has 5 aliphatic carbocycles. The molecule has 0 aromatic rings. The number of esters is 1. The van der Waals surface area contributed by atoms with Gasteiger partial charge in [-0.1, -0.05) is 46.8 Å². The predicted molar refractivity (Wildman–Crippen MR) is 102 cm³/mol. The molecule has 26 heavy (non-hydrogen) atoms. The van der Waals surface area contributed by atoms with Gasteiger partial charge in [0.2, 0.25) is 0 Å². The van der Waals surface area contributed by atoms with E-state index >= 15 is 0 Å². The van der Waals surface area contributed by atoms with Crippen LogP contribution in [-0.4, -0.2) is 22.3 Å². The Kier molecular flexibility index (Phi) is 3.67. The first kappa shape index (κ1) is 18.5. The number of rotatable bonds is 4. The quantitative estimate of drug-likeness (QED) is 0.565. The molecule has 4 bridgehead atoms. The highest BCUT2D eigenvalue weighted by Gasteiger charge is 2.74. The van der Waals surface area contributed by atoms with Crippen LogP contribution in [0.25, 0.3) is 0 Å². The van der Waals surface area contributed by atoms with Crippen molar-refractivity contribution < 1.29 is 14.6 Å². The summed E-state index contributed by atoms with van der Waals surface area (Å²) >= 11 is 0. The van der Waals surface area contributed by atoms with E-state index in [9.17, 15) is 9.90 Å².